The van der Waals surface area contributed by atoms with E-state index < -0.39 is 90.5 Å². The number of urea groups is 1. The van der Waals surface area contributed by atoms with Gasteiger partial charge in [0.2, 0.25) is 11.8 Å². The summed E-state index contributed by atoms with van der Waals surface area (Å²) in [5, 5.41) is 70.1. The van der Waals surface area contributed by atoms with Crippen LogP contribution in [-0.2, 0) is 44.8 Å². The van der Waals surface area contributed by atoms with E-state index in [0.29, 0.717) is 5.56 Å². The van der Waals surface area contributed by atoms with E-state index in [1.807, 2.05) is 36.4 Å². The van der Waals surface area contributed by atoms with Crippen molar-refractivity contribution in [1.82, 2.24) is 45.9 Å². The van der Waals surface area contributed by atoms with E-state index in [-0.39, 0.29) is 122 Å². The number of hydrogen-bond acceptors (Lipinski definition) is 16. The molecule has 392 valence electrons. The first-order valence-electron chi connectivity index (χ1n) is 22.9. The summed E-state index contributed by atoms with van der Waals surface area (Å²) in [4.78, 5) is 133. The Kier molecular flexibility index (Phi) is 22.7. The van der Waals surface area contributed by atoms with Crippen LogP contribution in [0.1, 0.15) is 48.2 Å². The van der Waals surface area contributed by atoms with Crippen molar-refractivity contribution in [3.8, 4) is 0 Å². The highest BCUT2D eigenvalue weighted by atomic mass is 16.4. The molecule has 1 saturated heterocycles. The number of aliphatic carboxylic acids is 6. The maximum atomic E-state index is 13.7. The molecule has 3 aromatic rings. The van der Waals surface area contributed by atoms with Gasteiger partial charge in [-0.2, -0.15) is 4.98 Å². The molecule has 2 heterocycles. The number of carboxylic acids is 6. The number of oxazole rings is 1. The van der Waals surface area contributed by atoms with Gasteiger partial charge >= 0.3 is 47.9 Å². The lowest BCUT2D eigenvalue weighted by Gasteiger charge is -2.32. The van der Waals surface area contributed by atoms with Gasteiger partial charge in [0.1, 0.15) is 24.4 Å². The van der Waals surface area contributed by atoms with Crippen molar-refractivity contribution in [2.24, 2.45) is 0 Å². The normalized spacial score (nSPS) is 15.6. The van der Waals surface area contributed by atoms with Crippen molar-refractivity contribution in [2.75, 3.05) is 90.4 Å². The van der Waals surface area contributed by atoms with E-state index >= 15 is 0 Å². The summed E-state index contributed by atoms with van der Waals surface area (Å²) in [5.41, 5.74) is 0.384. The van der Waals surface area contributed by atoms with E-state index in [0.717, 1.165) is 17.0 Å². The second-order valence-corrected chi connectivity index (χ2v) is 16.9. The first-order chi connectivity index (χ1) is 34.2. The Morgan fingerprint density at radius 3 is 1.61 bits per heavy atom. The number of carbonyl (C=O) groups is 10. The summed E-state index contributed by atoms with van der Waals surface area (Å²) >= 11 is 0. The Morgan fingerprint density at radius 1 is 0.583 bits per heavy atom. The zero-order chi connectivity index (χ0) is 52.7. The van der Waals surface area contributed by atoms with Crippen molar-refractivity contribution in [3.05, 3.63) is 60.0 Å². The minimum Gasteiger partial charge on any atom is -0.481 e. The number of rotatable bonds is 26. The summed E-state index contributed by atoms with van der Waals surface area (Å²) in [6.07, 6.45) is 0.244. The zero-order valence-corrected chi connectivity index (χ0v) is 39.2. The van der Waals surface area contributed by atoms with Crippen LogP contribution in [0.25, 0.3) is 10.8 Å². The summed E-state index contributed by atoms with van der Waals surface area (Å²) in [6, 6.07) is 7.29. The molecule has 1 fully saturated rings. The summed E-state index contributed by atoms with van der Waals surface area (Å²) in [7, 11) is 0. The van der Waals surface area contributed by atoms with Crippen molar-refractivity contribution in [3.63, 3.8) is 0 Å². The Bertz CT molecular complexity index is 2370. The average molecular weight is 1010 g/mol. The van der Waals surface area contributed by atoms with E-state index in [1.54, 1.807) is 25.7 Å². The van der Waals surface area contributed by atoms with E-state index in [4.69, 9.17) is 9.52 Å². The van der Waals surface area contributed by atoms with Crippen LogP contribution in [0.5, 0.6) is 0 Å². The predicted octanol–water partition coefficient (Wildman–Crippen LogP) is -1.06. The van der Waals surface area contributed by atoms with Gasteiger partial charge in [-0.05, 0) is 42.0 Å². The minimum atomic E-state index is -1.58. The number of benzene rings is 2. The minimum absolute atomic E-state index is 0.00940. The fraction of sp³-hybridized carbons (Fsp3) is 0.489. The van der Waals surface area contributed by atoms with Gasteiger partial charge in [0.25, 0.3) is 5.91 Å². The molecule has 4 rings (SSSR count). The molecular formula is C45H60N10O17. The Hall–Kier alpha value is -7.75. The number of anilines is 1. The van der Waals surface area contributed by atoms with Gasteiger partial charge in [0.05, 0.1) is 26.2 Å². The standard InChI is InChI=1S/C45H60N10O17/c56-35(23-52-13-15-53(24-37(59)60)17-19-55(26-39(63)64)20-18-54(16-14-52)25-38(61)62)51-45-50-34(27-72-45)41(66)47-33(22-28-8-9-29-5-1-2-6-30(29)21-28)40(65)46-12-4-3-7-31(42(67)68)48-44(71)49-32(43(69)70)10-11-36(57)58/h1-2,5-6,8-9,21,27,31-33H,3-4,7,10-20,22-26H2,(H,46,65)(H,47,66)(H,57,58)(H,59,60)(H,61,62)(H,63,64)(H,67,68)(H,69,70)(H2,48,49,71)(H,50,51,56)/t31-,32?,33-/m0/s1. The molecule has 2 aromatic carbocycles. The van der Waals surface area contributed by atoms with E-state index in [2.05, 4.69) is 31.6 Å². The molecule has 1 aromatic heterocycles. The maximum absolute atomic E-state index is 13.7. The molecule has 0 radical (unpaired) electrons. The molecule has 27 nitrogen and oxygen atoms in total. The van der Waals surface area contributed by atoms with Crippen molar-refractivity contribution in [1.29, 1.82) is 0 Å². The van der Waals surface area contributed by atoms with E-state index in [9.17, 15) is 73.5 Å². The quantitative estimate of drug-likeness (QED) is 0.0427. The third-order valence-corrected chi connectivity index (χ3v) is 11.3. The SMILES string of the molecule is O=C(O)CCC(NC(=O)N[C@@H](CCCCNC(=O)[C@H](Cc1ccc2ccccc2c1)NC(=O)c1coc(NC(=O)CN2CCN(CC(=O)O)CCN(CC(=O)O)CCN(CC(=O)O)CC2)n1)C(=O)O)C(=O)O. The van der Waals surface area contributed by atoms with Crippen LogP contribution in [0.15, 0.2) is 53.1 Å². The van der Waals surface area contributed by atoms with Crippen molar-refractivity contribution in [2.45, 2.75) is 56.7 Å². The first-order valence-corrected chi connectivity index (χ1v) is 22.9. The molecule has 1 aliphatic heterocycles. The van der Waals surface area contributed by atoms with Gasteiger partial charge in [-0.25, -0.2) is 14.4 Å². The number of carbonyl (C=O) groups excluding carboxylic acids is 4. The van der Waals surface area contributed by atoms with Gasteiger partial charge < -0.3 is 56.3 Å². The van der Waals surface area contributed by atoms with Crippen LogP contribution in [0, 0.1) is 0 Å². The summed E-state index contributed by atoms with van der Waals surface area (Å²) in [6.45, 7) is 0.0989. The largest absolute Gasteiger partial charge is 0.481 e. The fourth-order valence-electron chi connectivity index (χ4n) is 7.57. The number of hydrogen-bond donors (Lipinski definition) is 11. The van der Waals surface area contributed by atoms with Crippen LogP contribution in [0.3, 0.4) is 0 Å². The smallest absolute Gasteiger partial charge is 0.326 e. The van der Waals surface area contributed by atoms with Crippen molar-refractivity contribution >= 4 is 76.4 Å². The Balaban J connectivity index is 1.39. The summed E-state index contributed by atoms with van der Waals surface area (Å²) < 4.78 is 5.39. The number of carboxylic acid groups (broad SMARTS) is 6. The third kappa shape index (κ3) is 20.7. The molecule has 1 unspecified atom stereocenters. The molecule has 3 atom stereocenters. The molecule has 11 N–H and O–H groups in total. The highest BCUT2D eigenvalue weighted by Crippen LogP contribution is 2.18. The first kappa shape index (κ1) is 56.8. The lowest BCUT2D eigenvalue weighted by atomic mass is 10.0. The van der Waals surface area contributed by atoms with Crippen LogP contribution in [-0.4, -0.2) is 218 Å². The number of fused-ring (bicyclic) bond motifs is 1. The van der Waals surface area contributed by atoms with Gasteiger partial charge in [0, 0.05) is 71.7 Å². The maximum Gasteiger partial charge on any atom is 0.326 e. The highest BCUT2D eigenvalue weighted by molar-refractivity contribution is 5.97. The van der Waals surface area contributed by atoms with Crippen LogP contribution in [0.2, 0.25) is 0 Å². The topological polar surface area (TPSA) is 391 Å². The van der Waals surface area contributed by atoms with Gasteiger partial charge in [-0.3, -0.25) is 58.5 Å². The lowest BCUT2D eigenvalue weighted by Crippen LogP contribution is -2.51. The molecule has 0 aliphatic carbocycles. The number of unbranched alkanes of at least 4 members (excludes halogenated alkanes) is 1. The average Bonchev–Trinajstić information content (AvgIpc) is 3.78. The summed E-state index contributed by atoms with van der Waals surface area (Å²) in [5.74, 6) is -9.62. The molecule has 5 amide bonds. The Labute approximate surface area is 411 Å². The fourth-order valence-corrected chi connectivity index (χ4v) is 7.57. The highest BCUT2D eigenvalue weighted by Gasteiger charge is 2.27. The van der Waals surface area contributed by atoms with Gasteiger partial charge in [-0.15, -0.1) is 0 Å². The molecule has 27 heteroatoms. The van der Waals surface area contributed by atoms with E-state index in [1.165, 1.54) is 0 Å². The van der Waals surface area contributed by atoms with Gasteiger partial charge in [-0.1, -0.05) is 42.5 Å². The molecule has 0 bridgehead atoms. The molecule has 0 saturated carbocycles. The third-order valence-electron chi connectivity index (χ3n) is 11.3. The number of aromatic nitrogens is 1. The molecule has 0 spiro atoms. The number of nitrogens with one attached hydrogen (secondary N) is 5. The second-order valence-electron chi connectivity index (χ2n) is 16.9. The predicted molar refractivity (Wildman–Crippen MR) is 251 cm³/mol. The zero-order valence-electron chi connectivity index (χ0n) is 39.2. The molecule has 1 aliphatic rings. The number of amides is 5. The second kappa shape index (κ2) is 28.8. The van der Waals surface area contributed by atoms with Crippen LogP contribution >= 0.6 is 0 Å². The molecular weight excluding hydrogens is 953 g/mol. The lowest BCUT2D eigenvalue weighted by molar-refractivity contribution is -0.141. The van der Waals surface area contributed by atoms with Crippen molar-refractivity contribution < 1.29 is 83.0 Å². The van der Waals surface area contributed by atoms with Gasteiger partial charge in [0.15, 0.2) is 5.69 Å². The Morgan fingerprint density at radius 2 is 1.10 bits per heavy atom. The number of nitrogens with zero attached hydrogens (tertiary/aromatic N) is 5. The van der Waals surface area contributed by atoms with Crippen LogP contribution < -0.4 is 26.6 Å². The van der Waals surface area contributed by atoms with Crippen LogP contribution in [0.4, 0.5) is 10.8 Å². The molecule has 72 heavy (non-hydrogen) atoms. The monoisotopic (exact) mass is 1010 g/mol.